The number of nitrogens with one attached hydrogen (secondary N) is 1. The van der Waals surface area contributed by atoms with Crippen molar-refractivity contribution in [3.05, 3.63) is 0 Å². The number of hydrogen-bond donors (Lipinski definition) is 14. The van der Waals surface area contributed by atoms with Gasteiger partial charge in [-0.25, -0.2) is 4.79 Å². The van der Waals surface area contributed by atoms with Crippen LogP contribution >= 0.6 is 0 Å². The molecule has 0 aromatic carbocycles. The molecule has 0 aromatic rings. The lowest BCUT2D eigenvalue weighted by atomic mass is 9.88. The largest absolute Gasteiger partial charge is 0.477 e. The van der Waals surface area contributed by atoms with Gasteiger partial charge < -0.3 is 95.4 Å². The number of carboxylic acids is 1. The Hall–Kier alpha value is -1.74. The zero-order chi connectivity index (χ0) is 33.1. The van der Waals surface area contributed by atoms with Gasteiger partial charge in [0.25, 0.3) is 5.79 Å². The van der Waals surface area contributed by atoms with Crippen LogP contribution in [0.5, 0.6) is 0 Å². The maximum absolute atomic E-state index is 12.6. The van der Waals surface area contributed by atoms with Crippen molar-refractivity contribution in [1.82, 2.24) is 5.32 Å². The molecule has 3 aliphatic rings. The van der Waals surface area contributed by atoms with Gasteiger partial charge in [-0.05, 0) is 0 Å². The maximum atomic E-state index is 12.6. The quantitative estimate of drug-likeness (QED) is 0.0932. The van der Waals surface area contributed by atoms with Gasteiger partial charge in [-0.15, -0.1) is 0 Å². The number of amides is 1. The highest BCUT2D eigenvalue weighted by atomic mass is 16.8. The fraction of sp³-hybridized carbons (Fsp3) is 0.913. The summed E-state index contributed by atoms with van der Waals surface area (Å²) < 4.78 is 26.8. The highest BCUT2D eigenvalue weighted by Gasteiger charge is 2.60. The Morgan fingerprint density at radius 2 is 1.50 bits per heavy atom. The second-order valence-corrected chi connectivity index (χ2v) is 10.5. The van der Waals surface area contributed by atoms with Gasteiger partial charge in [-0.2, -0.15) is 0 Å². The summed E-state index contributed by atoms with van der Waals surface area (Å²) in [6, 6.07) is -1.70. The molecule has 3 heterocycles. The summed E-state index contributed by atoms with van der Waals surface area (Å²) in [4.78, 5) is 24.4. The molecule has 21 nitrogen and oxygen atoms in total. The van der Waals surface area contributed by atoms with Crippen LogP contribution in [0.1, 0.15) is 6.42 Å². The van der Waals surface area contributed by atoms with E-state index in [4.69, 9.17) is 28.8 Å². The molecule has 0 spiro atoms. The van der Waals surface area contributed by atoms with Crippen molar-refractivity contribution in [1.29, 1.82) is 0 Å². The number of hydrogen-bond acceptors (Lipinski definition) is 19. The zero-order valence-corrected chi connectivity index (χ0v) is 22.9. The van der Waals surface area contributed by atoms with Crippen molar-refractivity contribution in [2.75, 3.05) is 26.4 Å². The van der Waals surface area contributed by atoms with Crippen LogP contribution in [-0.2, 0) is 33.3 Å². The molecule has 1 amide bonds. The second-order valence-electron chi connectivity index (χ2n) is 10.5. The van der Waals surface area contributed by atoms with Crippen molar-refractivity contribution in [2.45, 2.75) is 104 Å². The monoisotopic (exact) mass is 649 g/mol. The summed E-state index contributed by atoms with van der Waals surface area (Å²) in [6.07, 6.45) is -28.5. The third kappa shape index (κ3) is 7.45. The van der Waals surface area contributed by atoms with Gasteiger partial charge in [0.2, 0.25) is 5.91 Å². The number of aliphatic carboxylic acids is 1. The van der Waals surface area contributed by atoms with Gasteiger partial charge in [-0.1, -0.05) is 0 Å². The lowest BCUT2D eigenvalue weighted by Gasteiger charge is -2.50. The molecule has 0 bridgehead atoms. The summed E-state index contributed by atoms with van der Waals surface area (Å²) in [6.45, 7) is -4.07. The van der Waals surface area contributed by atoms with E-state index in [9.17, 15) is 70.9 Å². The van der Waals surface area contributed by atoms with Crippen molar-refractivity contribution < 1.29 is 99.7 Å². The third-order valence-corrected chi connectivity index (χ3v) is 7.57. The number of carbonyl (C=O) groups is 2. The molecule has 256 valence electrons. The summed E-state index contributed by atoms with van der Waals surface area (Å²) in [7, 11) is 0. The molecule has 21 heteroatoms. The molecule has 3 aliphatic heterocycles. The van der Waals surface area contributed by atoms with Crippen LogP contribution in [0.4, 0.5) is 0 Å². The number of aliphatic hydroxyl groups excluding tert-OH is 12. The topological polar surface area (TPSA) is 355 Å². The smallest absolute Gasteiger partial charge is 0.364 e. The Bertz CT molecular complexity index is 959. The van der Waals surface area contributed by atoms with E-state index in [2.05, 4.69) is 5.32 Å². The highest BCUT2D eigenvalue weighted by Crippen LogP contribution is 2.38. The Balaban J connectivity index is 1.95. The fourth-order valence-corrected chi connectivity index (χ4v) is 5.16. The predicted octanol–water partition coefficient (Wildman–Crippen LogP) is -9.25. The third-order valence-electron chi connectivity index (χ3n) is 7.57. The normalized spacial score (nSPS) is 44.5. The molecule has 3 rings (SSSR count). The van der Waals surface area contributed by atoms with Crippen LogP contribution < -0.4 is 5.32 Å². The molecule has 3 fully saturated rings. The zero-order valence-electron chi connectivity index (χ0n) is 22.9. The molecule has 0 saturated carbocycles. The van der Waals surface area contributed by atoms with E-state index in [-0.39, 0.29) is 0 Å². The van der Waals surface area contributed by atoms with Gasteiger partial charge in [0.1, 0.15) is 73.8 Å². The van der Waals surface area contributed by atoms with Crippen LogP contribution in [-0.4, -0.2) is 202 Å². The molecule has 44 heavy (non-hydrogen) atoms. The number of carboxylic acid groups (broad SMARTS) is 1. The minimum Gasteiger partial charge on any atom is -0.477 e. The number of carbonyl (C=O) groups excluding carboxylic acids is 1. The Morgan fingerprint density at radius 3 is 2.05 bits per heavy atom. The lowest BCUT2D eigenvalue weighted by molar-refractivity contribution is -0.385. The second kappa shape index (κ2) is 15.2. The Labute approximate surface area is 248 Å². The van der Waals surface area contributed by atoms with E-state index < -0.39 is 142 Å². The summed E-state index contributed by atoms with van der Waals surface area (Å²) in [5, 5.41) is 133. The van der Waals surface area contributed by atoms with Crippen LogP contribution in [0.25, 0.3) is 0 Å². The van der Waals surface area contributed by atoms with E-state index >= 15 is 0 Å². The van der Waals surface area contributed by atoms with Crippen LogP contribution in [0.2, 0.25) is 0 Å². The first-order chi connectivity index (χ1) is 20.7. The van der Waals surface area contributed by atoms with Gasteiger partial charge in [-0.3, -0.25) is 4.79 Å². The van der Waals surface area contributed by atoms with Crippen molar-refractivity contribution in [3.8, 4) is 0 Å². The van der Waals surface area contributed by atoms with Crippen LogP contribution in [0, 0.1) is 0 Å². The minimum atomic E-state index is -3.09. The van der Waals surface area contributed by atoms with E-state index in [1.165, 1.54) is 0 Å². The van der Waals surface area contributed by atoms with Crippen LogP contribution in [0.15, 0.2) is 0 Å². The average molecular weight is 650 g/mol. The summed E-state index contributed by atoms with van der Waals surface area (Å²) in [5.74, 6) is -6.21. The van der Waals surface area contributed by atoms with Gasteiger partial charge in [0.05, 0.1) is 32.0 Å². The van der Waals surface area contributed by atoms with Gasteiger partial charge in [0.15, 0.2) is 12.6 Å². The number of rotatable bonds is 12. The van der Waals surface area contributed by atoms with E-state index in [0.717, 1.165) is 0 Å². The van der Waals surface area contributed by atoms with Gasteiger partial charge >= 0.3 is 5.97 Å². The molecule has 0 aliphatic carbocycles. The first kappa shape index (κ1) is 36.7. The van der Waals surface area contributed by atoms with E-state index in [1.54, 1.807) is 0 Å². The van der Waals surface area contributed by atoms with Crippen LogP contribution in [0.3, 0.4) is 0 Å². The summed E-state index contributed by atoms with van der Waals surface area (Å²) in [5.41, 5.74) is 0. The summed E-state index contributed by atoms with van der Waals surface area (Å²) >= 11 is 0. The average Bonchev–Trinajstić information content (AvgIpc) is 3.00. The molecule has 0 radical (unpaired) electrons. The van der Waals surface area contributed by atoms with Crippen molar-refractivity contribution in [3.63, 3.8) is 0 Å². The Kier molecular flexibility index (Phi) is 12.7. The highest BCUT2D eigenvalue weighted by molar-refractivity contribution is 5.78. The predicted molar refractivity (Wildman–Crippen MR) is 131 cm³/mol. The SMILES string of the molecule is O=C(CO)N[C@H]1[C@H]([C@H](O)[C@H](O)CO)O[C@@](O[C@H]2[C@@H](O)[C@@H](CO)O[C@@H](O[C@H]3[C@H](O)[C@@H](O)[C@H](O)O[C@@H]3CO)[C@@H]2O)(C(=O)O)C[C@@H]1O. The first-order valence-corrected chi connectivity index (χ1v) is 13.4. The van der Waals surface area contributed by atoms with E-state index in [0.29, 0.717) is 0 Å². The standard InChI is InChI=1S/C23H39NO20/c25-2-7(30)12(32)18-11(24-10(31)5-28)6(29)1-23(43-18,22(38)39)44-19-13(33)8(3-26)41-21(16(19)36)42-17-9(4-27)40-20(37)15(35)14(17)34/h6-9,11-21,25-30,32-37H,1-5H2,(H,24,31)(H,38,39)/t6-,7+,8+,9+,11+,12+,13-,14+,15+,16+,17+,18+,19-,20+,21-,23-/m0/s1. The van der Waals surface area contributed by atoms with Crippen molar-refractivity contribution in [2.24, 2.45) is 0 Å². The Morgan fingerprint density at radius 1 is 0.864 bits per heavy atom. The van der Waals surface area contributed by atoms with Gasteiger partial charge in [0, 0.05) is 6.42 Å². The molecule has 14 N–H and O–H groups in total. The molecular formula is C23H39NO20. The number of ether oxygens (including phenoxy) is 5. The molecule has 0 unspecified atom stereocenters. The molecule has 3 saturated heterocycles. The molecular weight excluding hydrogens is 610 g/mol. The lowest BCUT2D eigenvalue weighted by Crippen LogP contribution is -2.71. The first-order valence-electron chi connectivity index (χ1n) is 13.4. The van der Waals surface area contributed by atoms with Crippen molar-refractivity contribution >= 4 is 11.9 Å². The molecule has 0 aromatic heterocycles. The minimum absolute atomic E-state index is 0.883. The fourth-order valence-electron chi connectivity index (χ4n) is 5.16. The number of aliphatic hydroxyl groups is 12. The molecule has 16 atom stereocenters. The maximum Gasteiger partial charge on any atom is 0.364 e. The van der Waals surface area contributed by atoms with E-state index in [1.807, 2.05) is 0 Å².